The summed E-state index contributed by atoms with van der Waals surface area (Å²) in [6, 6.07) is 4.03. The summed E-state index contributed by atoms with van der Waals surface area (Å²) in [5.41, 5.74) is 0.932. The lowest BCUT2D eigenvalue weighted by molar-refractivity contribution is 0.0976. The van der Waals surface area contributed by atoms with E-state index in [1.807, 2.05) is 12.1 Å². The third-order valence-electron chi connectivity index (χ3n) is 3.03. The van der Waals surface area contributed by atoms with E-state index in [-0.39, 0.29) is 0 Å². The number of aromatic hydroxyl groups is 1. The number of benzene rings is 1. The van der Waals surface area contributed by atoms with E-state index in [1.165, 1.54) is 3.98 Å². The lowest BCUT2D eigenvalue weighted by atomic mass is 10.2. The molecule has 0 amide bonds. The van der Waals surface area contributed by atoms with Crippen molar-refractivity contribution in [1.82, 2.24) is 4.58 Å². The Labute approximate surface area is 152 Å². The number of halogens is 2. The van der Waals surface area contributed by atoms with Crippen LogP contribution in [0, 0.1) is 7.14 Å². The van der Waals surface area contributed by atoms with Gasteiger partial charge in [-0.05, 0) is 57.3 Å². The van der Waals surface area contributed by atoms with Crippen molar-refractivity contribution in [2.75, 3.05) is 26.3 Å². The molecule has 0 atom stereocenters. The molecule has 7 heteroatoms. The number of nitrogens with zero attached hydrogens (tertiary/aromatic N) is 1. The van der Waals surface area contributed by atoms with Crippen molar-refractivity contribution in [3.8, 4) is 16.2 Å². The van der Waals surface area contributed by atoms with Gasteiger partial charge in [-0.1, -0.05) is 22.7 Å². The van der Waals surface area contributed by atoms with Gasteiger partial charge >= 0.3 is 3.98 Å². The van der Waals surface area contributed by atoms with Crippen LogP contribution in [-0.2, 0) is 4.74 Å². The molecule has 0 bridgehead atoms. The van der Waals surface area contributed by atoms with Crippen LogP contribution in [0.4, 0.5) is 0 Å². The molecule has 20 heavy (non-hydrogen) atoms. The van der Waals surface area contributed by atoms with E-state index in [0.29, 0.717) is 5.75 Å². The van der Waals surface area contributed by atoms with E-state index in [1.54, 1.807) is 22.7 Å². The number of ether oxygens (including phenoxy) is 1. The van der Waals surface area contributed by atoms with Crippen molar-refractivity contribution >= 4 is 67.9 Å². The summed E-state index contributed by atoms with van der Waals surface area (Å²) in [6.07, 6.45) is 0. The van der Waals surface area contributed by atoms with Crippen molar-refractivity contribution in [1.29, 1.82) is 0 Å². The molecule has 0 unspecified atom stereocenters. The summed E-state index contributed by atoms with van der Waals surface area (Å²) in [6.45, 7) is 3.50. The van der Waals surface area contributed by atoms with Gasteiger partial charge in [-0.15, -0.1) is 0 Å². The first-order chi connectivity index (χ1) is 9.65. The topological polar surface area (TPSA) is 32.5 Å². The van der Waals surface area contributed by atoms with Crippen LogP contribution in [0.1, 0.15) is 0 Å². The largest absolute Gasteiger partial charge is 0.506 e. The van der Waals surface area contributed by atoms with Gasteiger partial charge in [0.25, 0.3) is 0 Å². The molecule has 1 N–H and O–H groups in total. The van der Waals surface area contributed by atoms with Gasteiger partial charge in [0.2, 0.25) is 0 Å². The molecular weight excluding hydrogens is 520 g/mol. The Morgan fingerprint density at radius 1 is 1.20 bits per heavy atom. The maximum atomic E-state index is 10.3. The molecule has 0 spiro atoms. The first-order valence-electron chi connectivity index (χ1n) is 6.08. The molecule has 3 rings (SSSR count). The summed E-state index contributed by atoms with van der Waals surface area (Å²) in [4.78, 5) is 1.13. The summed E-state index contributed by atoms with van der Waals surface area (Å²) in [7, 11) is 0. The van der Waals surface area contributed by atoms with Crippen LogP contribution >= 0.6 is 67.9 Å². The second kappa shape index (κ2) is 6.59. The number of hydrogen-bond acceptors (Lipinski definition) is 4. The fraction of sp³-hybridized carbons (Fsp3) is 0.308. The van der Waals surface area contributed by atoms with Crippen LogP contribution < -0.4 is 8.56 Å². The highest BCUT2D eigenvalue weighted by Crippen LogP contribution is 2.36. The number of hydrogen-bond donors (Lipinski definition) is 1. The van der Waals surface area contributed by atoms with Gasteiger partial charge in [-0.25, -0.2) is 4.58 Å². The number of phenolic OH excluding ortho intramolecular Hbond substituents is 1. The third-order valence-corrected chi connectivity index (χ3v) is 6.96. The van der Waals surface area contributed by atoms with Crippen LogP contribution in [0.15, 0.2) is 17.5 Å². The number of phenols is 1. The molecule has 1 saturated heterocycles. The Morgan fingerprint density at radius 2 is 1.95 bits per heavy atom. The minimum absolute atomic E-state index is 0.383. The van der Waals surface area contributed by atoms with Crippen LogP contribution in [0.25, 0.3) is 10.4 Å². The van der Waals surface area contributed by atoms with E-state index < -0.39 is 0 Å². The molecule has 0 aliphatic carbocycles. The molecule has 2 aromatic rings. The second-order valence-corrected chi connectivity index (χ2v) is 8.91. The minimum atomic E-state index is 0.383. The average molecular weight is 532 g/mol. The Hall–Kier alpha value is 0.290. The highest BCUT2D eigenvalue weighted by Gasteiger charge is 2.16. The zero-order valence-electron chi connectivity index (χ0n) is 10.4. The molecule has 0 saturated carbocycles. The monoisotopic (exact) mass is 532 g/mol. The minimum Gasteiger partial charge on any atom is -0.506 e. The smallest absolute Gasteiger partial charge is 0.314 e. The van der Waals surface area contributed by atoms with Crippen LogP contribution in [-0.4, -0.2) is 31.4 Å². The van der Waals surface area contributed by atoms with Crippen LogP contribution in [0.3, 0.4) is 0 Å². The number of rotatable bonds is 1. The van der Waals surface area contributed by atoms with Gasteiger partial charge < -0.3 is 9.84 Å². The van der Waals surface area contributed by atoms with Crippen molar-refractivity contribution < 1.29 is 9.84 Å². The molecule has 0 radical (unpaired) electrons. The van der Waals surface area contributed by atoms with Crippen molar-refractivity contribution in [2.45, 2.75) is 0 Å². The molecule has 1 fully saturated rings. The van der Waals surface area contributed by atoms with Crippen molar-refractivity contribution in [3.05, 3.63) is 28.6 Å². The first kappa shape index (κ1) is 15.2. The van der Waals surface area contributed by atoms with Gasteiger partial charge in [0.1, 0.15) is 19.0 Å². The average Bonchev–Trinajstić information content (AvgIpc) is 2.93. The van der Waals surface area contributed by atoms with Gasteiger partial charge in [-0.3, -0.25) is 0 Å². The van der Waals surface area contributed by atoms with Gasteiger partial charge in [0.15, 0.2) is 13.1 Å². The Balaban J connectivity index is 2.06. The van der Waals surface area contributed by atoms with Gasteiger partial charge in [0.05, 0.1) is 8.45 Å². The zero-order chi connectivity index (χ0) is 14.1. The molecule has 1 aromatic heterocycles. The highest BCUT2D eigenvalue weighted by atomic mass is 127. The van der Waals surface area contributed by atoms with Gasteiger partial charge in [0, 0.05) is 14.5 Å². The number of morpholine rings is 1. The maximum absolute atomic E-state index is 10.3. The zero-order valence-corrected chi connectivity index (χ0v) is 16.4. The lowest BCUT2D eigenvalue weighted by Crippen LogP contribution is -2.37. The summed E-state index contributed by atoms with van der Waals surface area (Å²) < 4.78 is 11.1. The molecule has 3 nitrogen and oxygen atoms in total. The summed E-state index contributed by atoms with van der Waals surface area (Å²) in [5.74, 6) is 0.383. The fourth-order valence-electron chi connectivity index (χ4n) is 2.00. The maximum Gasteiger partial charge on any atom is 0.314 e. The highest BCUT2D eigenvalue weighted by molar-refractivity contribution is 14.1. The quantitative estimate of drug-likeness (QED) is 0.453. The Morgan fingerprint density at radius 3 is 2.70 bits per heavy atom. The van der Waals surface area contributed by atoms with E-state index in [2.05, 4.69) is 55.1 Å². The molecule has 106 valence electrons. The third kappa shape index (κ3) is 3.21. The predicted molar refractivity (Wildman–Crippen MR) is 101 cm³/mol. The SMILES string of the molecule is Oc1c(I)cc(I)cc1-c1csc(=[N+]2CCOCC2)s1. The van der Waals surface area contributed by atoms with E-state index in [0.717, 1.165) is 43.9 Å². The summed E-state index contributed by atoms with van der Waals surface area (Å²) in [5, 5.41) is 12.4. The fourth-order valence-corrected chi connectivity index (χ4v) is 6.22. The van der Waals surface area contributed by atoms with Gasteiger partial charge in [-0.2, -0.15) is 0 Å². The van der Waals surface area contributed by atoms with Crippen LogP contribution in [0.2, 0.25) is 0 Å². The standard InChI is InChI=1S/C13H11I2NO2S2/c14-8-5-9(12(17)10(15)6-8)11-7-19-13(20-11)16-1-3-18-4-2-16/h5-7H,1-4H2/p+1. The van der Waals surface area contributed by atoms with E-state index >= 15 is 0 Å². The van der Waals surface area contributed by atoms with E-state index in [4.69, 9.17) is 4.74 Å². The van der Waals surface area contributed by atoms with Crippen molar-refractivity contribution in [2.24, 2.45) is 0 Å². The molecule has 1 aliphatic rings. The Bertz CT molecular complexity index is 701. The van der Waals surface area contributed by atoms with Crippen LogP contribution in [0.5, 0.6) is 5.75 Å². The molecule has 1 aromatic carbocycles. The summed E-state index contributed by atoms with van der Waals surface area (Å²) >= 11 is 7.96. The van der Waals surface area contributed by atoms with E-state index in [9.17, 15) is 5.11 Å². The second-order valence-electron chi connectivity index (χ2n) is 4.35. The van der Waals surface area contributed by atoms with Crippen molar-refractivity contribution in [3.63, 3.8) is 0 Å². The predicted octanol–water partition coefficient (Wildman–Crippen LogP) is 3.19. The molecule has 2 heterocycles. The molecular formula is C13H12I2NO2S2+. The first-order valence-corrected chi connectivity index (χ1v) is 9.93. The normalized spacial score (nSPS) is 15.6. The lowest BCUT2D eigenvalue weighted by Gasteiger charge is -2.08. The Kier molecular flexibility index (Phi) is 5.01. The molecule has 1 aliphatic heterocycles.